The second kappa shape index (κ2) is 9.39. The summed E-state index contributed by atoms with van der Waals surface area (Å²) in [6, 6.07) is 6.58. The van der Waals surface area contributed by atoms with Crippen molar-refractivity contribution >= 4 is 57.8 Å². The van der Waals surface area contributed by atoms with Crippen molar-refractivity contribution in [2.45, 2.75) is 44.7 Å². The zero-order valence-corrected chi connectivity index (χ0v) is 18.0. The Morgan fingerprint density at radius 3 is 2.96 bits per heavy atom. The number of thiocarbonyl (C=S) groups is 1. The van der Waals surface area contributed by atoms with Crippen molar-refractivity contribution in [2.75, 3.05) is 13.2 Å². The lowest BCUT2D eigenvalue weighted by Crippen LogP contribution is -2.53. The van der Waals surface area contributed by atoms with Crippen LogP contribution in [-0.2, 0) is 9.59 Å². The number of rotatable bonds is 5. The van der Waals surface area contributed by atoms with Gasteiger partial charge < -0.3 is 10.0 Å². The SMILES string of the molecule is CC(C(=O)N1CCCCC1CCO)N1C(=O)/C(=C/c2cccc(Cl)c2)SC1=S. The van der Waals surface area contributed by atoms with Crippen molar-refractivity contribution in [3.8, 4) is 0 Å². The molecule has 3 rings (SSSR count). The molecule has 0 bridgehead atoms. The van der Waals surface area contributed by atoms with Crippen LogP contribution in [0.5, 0.6) is 0 Å². The molecule has 28 heavy (non-hydrogen) atoms. The highest BCUT2D eigenvalue weighted by atomic mass is 35.5. The van der Waals surface area contributed by atoms with E-state index in [1.165, 1.54) is 16.7 Å². The van der Waals surface area contributed by atoms with E-state index in [0.717, 1.165) is 24.8 Å². The zero-order valence-electron chi connectivity index (χ0n) is 15.6. The van der Waals surface area contributed by atoms with Gasteiger partial charge >= 0.3 is 0 Å². The molecule has 2 heterocycles. The van der Waals surface area contributed by atoms with Crippen LogP contribution in [0.2, 0.25) is 5.02 Å². The average Bonchev–Trinajstić information content (AvgIpc) is 2.94. The third kappa shape index (κ3) is 4.59. The largest absolute Gasteiger partial charge is 0.396 e. The lowest BCUT2D eigenvalue weighted by Gasteiger charge is -2.38. The number of carbonyl (C=O) groups excluding carboxylic acids is 2. The quantitative estimate of drug-likeness (QED) is 0.561. The first-order valence-electron chi connectivity index (χ1n) is 9.36. The summed E-state index contributed by atoms with van der Waals surface area (Å²) < 4.78 is 0.384. The van der Waals surface area contributed by atoms with Gasteiger partial charge in [0.25, 0.3) is 5.91 Å². The molecule has 150 valence electrons. The first-order valence-corrected chi connectivity index (χ1v) is 11.0. The molecule has 1 aromatic rings. The van der Waals surface area contributed by atoms with Crippen molar-refractivity contribution in [1.82, 2.24) is 9.80 Å². The van der Waals surface area contributed by atoms with Gasteiger partial charge in [0.05, 0.1) is 4.91 Å². The fourth-order valence-electron chi connectivity index (χ4n) is 3.65. The molecule has 2 atom stereocenters. The van der Waals surface area contributed by atoms with Crippen molar-refractivity contribution in [3.63, 3.8) is 0 Å². The molecule has 2 saturated heterocycles. The summed E-state index contributed by atoms with van der Waals surface area (Å²) in [5.41, 5.74) is 0.811. The minimum Gasteiger partial charge on any atom is -0.396 e. The summed E-state index contributed by atoms with van der Waals surface area (Å²) in [5.74, 6) is -0.370. The number of carbonyl (C=O) groups is 2. The molecule has 2 aliphatic rings. The molecule has 1 aromatic carbocycles. The molecule has 0 aromatic heterocycles. The van der Waals surface area contributed by atoms with Crippen LogP contribution in [0.1, 0.15) is 38.2 Å². The number of aliphatic hydroxyl groups excluding tert-OH is 1. The fourth-order valence-corrected chi connectivity index (χ4v) is 5.27. The van der Waals surface area contributed by atoms with Crippen LogP contribution in [0.3, 0.4) is 0 Å². The van der Waals surface area contributed by atoms with Gasteiger partial charge in [-0.25, -0.2) is 0 Å². The van der Waals surface area contributed by atoms with E-state index in [1.807, 2.05) is 17.0 Å². The second-order valence-electron chi connectivity index (χ2n) is 6.98. The third-order valence-electron chi connectivity index (χ3n) is 5.09. The monoisotopic (exact) mass is 438 g/mol. The molecule has 0 saturated carbocycles. The minimum absolute atomic E-state index is 0.0223. The van der Waals surface area contributed by atoms with Gasteiger partial charge in [-0.2, -0.15) is 0 Å². The van der Waals surface area contributed by atoms with Crippen LogP contribution < -0.4 is 0 Å². The Bertz CT molecular complexity index is 812. The highest BCUT2D eigenvalue weighted by molar-refractivity contribution is 8.26. The normalized spacial score (nSPS) is 22.8. The minimum atomic E-state index is -0.669. The molecule has 0 aliphatic carbocycles. The number of amides is 2. The van der Waals surface area contributed by atoms with Crippen molar-refractivity contribution in [1.29, 1.82) is 0 Å². The van der Waals surface area contributed by atoms with E-state index >= 15 is 0 Å². The average molecular weight is 439 g/mol. The van der Waals surface area contributed by atoms with Crippen molar-refractivity contribution in [2.24, 2.45) is 0 Å². The lowest BCUT2D eigenvalue weighted by atomic mass is 9.98. The first-order chi connectivity index (χ1) is 13.4. The molecule has 5 nitrogen and oxygen atoms in total. The van der Waals surface area contributed by atoms with Gasteiger partial charge in [0.1, 0.15) is 10.4 Å². The predicted molar refractivity (Wildman–Crippen MR) is 117 cm³/mol. The number of piperidine rings is 1. The summed E-state index contributed by atoms with van der Waals surface area (Å²) in [4.78, 5) is 29.8. The van der Waals surface area contributed by atoms with Gasteiger partial charge in [0, 0.05) is 24.2 Å². The molecule has 1 N–H and O–H groups in total. The van der Waals surface area contributed by atoms with E-state index < -0.39 is 6.04 Å². The Balaban J connectivity index is 1.78. The van der Waals surface area contributed by atoms with Gasteiger partial charge in [-0.15, -0.1) is 0 Å². The standard InChI is InChI=1S/C20H23ClN2O3S2/c1-13(18(25)22-9-3-2-7-16(22)8-10-24)23-19(26)17(28-20(23)27)12-14-5-4-6-15(21)11-14/h4-6,11-13,16,24H,2-3,7-10H2,1H3/b17-12-. The molecule has 8 heteroatoms. The van der Waals surface area contributed by atoms with Crippen LogP contribution in [-0.4, -0.2) is 56.3 Å². The van der Waals surface area contributed by atoms with E-state index in [1.54, 1.807) is 25.1 Å². The van der Waals surface area contributed by atoms with E-state index in [2.05, 4.69) is 0 Å². The van der Waals surface area contributed by atoms with Crippen molar-refractivity contribution < 1.29 is 14.7 Å². The number of hydrogen-bond donors (Lipinski definition) is 1. The van der Waals surface area contributed by atoms with E-state index in [9.17, 15) is 14.7 Å². The number of thioether (sulfide) groups is 1. The Hall–Kier alpha value is -1.41. The number of halogens is 1. The molecular weight excluding hydrogens is 416 g/mol. The highest BCUT2D eigenvalue weighted by Gasteiger charge is 2.40. The Labute approximate surface area is 179 Å². The number of likely N-dealkylation sites (tertiary alicyclic amines) is 1. The molecule has 0 spiro atoms. The van der Waals surface area contributed by atoms with Crippen LogP contribution in [0.15, 0.2) is 29.2 Å². The fraction of sp³-hybridized carbons (Fsp3) is 0.450. The number of hydrogen-bond acceptors (Lipinski definition) is 5. The number of benzene rings is 1. The summed E-state index contributed by atoms with van der Waals surface area (Å²) >= 11 is 12.6. The molecule has 2 amide bonds. The number of aliphatic hydroxyl groups is 1. The summed E-state index contributed by atoms with van der Waals surface area (Å²) in [6.45, 7) is 2.42. The first kappa shape index (κ1) is 21.3. The summed E-state index contributed by atoms with van der Waals surface area (Å²) in [6.07, 6.45) is 5.18. The number of nitrogens with zero attached hydrogens (tertiary/aromatic N) is 2. The molecule has 2 unspecified atom stereocenters. The van der Waals surface area contributed by atoms with Crippen LogP contribution in [0.4, 0.5) is 0 Å². The van der Waals surface area contributed by atoms with Crippen LogP contribution >= 0.6 is 35.6 Å². The topological polar surface area (TPSA) is 60.9 Å². The maximum absolute atomic E-state index is 13.1. The third-order valence-corrected chi connectivity index (χ3v) is 6.65. The van der Waals surface area contributed by atoms with Gasteiger partial charge in [-0.05, 0) is 56.4 Å². The molecule has 2 fully saturated rings. The van der Waals surface area contributed by atoms with Gasteiger partial charge in [-0.3, -0.25) is 14.5 Å². The lowest BCUT2D eigenvalue weighted by molar-refractivity contribution is -0.142. The Morgan fingerprint density at radius 2 is 2.25 bits per heavy atom. The van der Waals surface area contributed by atoms with Gasteiger partial charge in [-0.1, -0.05) is 47.7 Å². The maximum atomic E-state index is 13.1. The van der Waals surface area contributed by atoms with E-state index in [4.69, 9.17) is 23.8 Å². The molecule has 2 aliphatic heterocycles. The summed E-state index contributed by atoms with van der Waals surface area (Å²) in [5, 5.41) is 9.89. The van der Waals surface area contributed by atoms with Crippen LogP contribution in [0.25, 0.3) is 6.08 Å². The highest BCUT2D eigenvalue weighted by Crippen LogP contribution is 2.35. The van der Waals surface area contributed by atoms with Gasteiger partial charge in [0.15, 0.2) is 0 Å². The zero-order chi connectivity index (χ0) is 20.3. The predicted octanol–water partition coefficient (Wildman–Crippen LogP) is 3.69. The summed E-state index contributed by atoms with van der Waals surface area (Å²) in [7, 11) is 0. The molecule has 0 radical (unpaired) electrons. The Morgan fingerprint density at radius 1 is 1.46 bits per heavy atom. The molecular formula is C20H23ClN2O3S2. The second-order valence-corrected chi connectivity index (χ2v) is 9.09. The van der Waals surface area contributed by atoms with E-state index in [0.29, 0.717) is 27.2 Å². The smallest absolute Gasteiger partial charge is 0.266 e. The Kier molecular flexibility index (Phi) is 7.15. The van der Waals surface area contributed by atoms with Crippen molar-refractivity contribution in [3.05, 3.63) is 39.8 Å². The van der Waals surface area contributed by atoms with E-state index in [-0.39, 0.29) is 24.5 Å². The van der Waals surface area contributed by atoms with Crippen LogP contribution in [0, 0.1) is 0 Å². The maximum Gasteiger partial charge on any atom is 0.266 e. The van der Waals surface area contributed by atoms with Gasteiger partial charge in [0.2, 0.25) is 5.91 Å².